The van der Waals surface area contributed by atoms with Crippen LogP contribution in [0.2, 0.25) is 0 Å². The molecular formula is C23H28N6O3. The summed E-state index contributed by atoms with van der Waals surface area (Å²) in [6.07, 6.45) is 5.95. The van der Waals surface area contributed by atoms with Gasteiger partial charge in [0.2, 0.25) is 6.41 Å². The van der Waals surface area contributed by atoms with E-state index in [0.717, 1.165) is 16.8 Å². The van der Waals surface area contributed by atoms with E-state index >= 15 is 0 Å². The minimum atomic E-state index is -1.00. The summed E-state index contributed by atoms with van der Waals surface area (Å²) >= 11 is 0. The van der Waals surface area contributed by atoms with E-state index in [9.17, 15) is 9.90 Å². The highest BCUT2D eigenvalue weighted by atomic mass is 16.6. The molecule has 2 N–H and O–H groups in total. The number of nitrogens with zero attached hydrogens (tertiary/aromatic N) is 5. The highest BCUT2D eigenvalue weighted by Crippen LogP contribution is 2.29. The van der Waals surface area contributed by atoms with Crippen LogP contribution in [-0.4, -0.2) is 59.9 Å². The van der Waals surface area contributed by atoms with Crippen molar-refractivity contribution in [1.29, 1.82) is 0 Å². The first-order valence-corrected chi connectivity index (χ1v) is 10.5. The Bertz CT molecular complexity index is 1250. The maximum absolute atomic E-state index is 12.6. The van der Waals surface area contributed by atoms with Gasteiger partial charge in [0.25, 0.3) is 5.56 Å². The number of likely N-dealkylation sites (N-methyl/N-ethyl adjacent to an activating group) is 1. The van der Waals surface area contributed by atoms with Crippen molar-refractivity contribution in [1.82, 2.24) is 29.2 Å². The Labute approximate surface area is 185 Å². The molecule has 1 unspecified atom stereocenters. The molecule has 168 valence electrons. The molecule has 0 aliphatic heterocycles. The van der Waals surface area contributed by atoms with E-state index in [-0.39, 0.29) is 5.56 Å². The summed E-state index contributed by atoms with van der Waals surface area (Å²) in [7, 11) is 1.79. The van der Waals surface area contributed by atoms with Crippen molar-refractivity contribution in [2.75, 3.05) is 13.6 Å². The molecule has 0 aliphatic carbocycles. The molecule has 3 heterocycles. The Morgan fingerprint density at radius 3 is 2.69 bits per heavy atom. The zero-order chi connectivity index (χ0) is 22.9. The molecule has 9 heteroatoms. The van der Waals surface area contributed by atoms with Gasteiger partial charge in [0, 0.05) is 35.8 Å². The van der Waals surface area contributed by atoms with Crippen LogP contribution in [-0.2, 0) is 11.3 Å². The molecule has 0 saturated carbocycles. The van der Waals surface area contributed by atoms with Crippen LogP contribution in [0.4, 0.5) is 0 Å². The number of aliphatic hydroxyl groups excluding tert-OH is 1. The molecule has 0 bridgehead atoms. The summed E-state index contributed by atoms with van der Waals surface area (Å²) in [6.45, 7) is 6.77. The molecule has 0 radical (unpaired) electrons. The first kappa shape index (κ1) is 21.9. The van der Waals surface area contributed by atoms with Crippen molar-refractivity contribution in [2.45, 2.75) is 39.3 Å². The summed E-state index contributed by atoms with van der Waals surface area (Å²) in [5.41, 5.74) is 2.44. The van der Waals surface area contributed by atoms with Crippen LogP contribution in [0.3, 0.4) is 0 Å². The fraction of sp³-hybridized carbons (Fsp3) is 0.348. The van der Waals surface area contributed by atoms with Crippen LogP contribution >= 0.6 is 0 Å². The highest BCUT2D eigenvalue weighted by Gasteiger charge is 2.20. The van der Waals surface area contributed by atoms with Gasteiger partial charge in [-0.15, -0.1) is 0 Å². The Morgan fingerprint density at radius 2 is 1.97 bits per heavy atom. The largest absolute Gasteiger partial charge is 0.356 e. The van der Waals surface area contributed by atoms with E-state index in [4.69, 9.17) is 4.74 Å². The Balaban J connectivity index is 1.60. The standard InChI is InChI=1S/C23H28N6O3/c1-23(2,3)32-22(31)27(4)10-11-28-13-16(12-26-28)18-14-29(17-8-6-5-7-9-17)20-19(18)21(30)25-15-24-20/h5-9,12-15,22,31H,10-11H2,1-4H3,(H,24,25,30). The molecule has 0 amide bonds. The molecule has 4 rings (SSSR count). The molecule has 0 aliphatic rings. The van der Waals surface area contributed by atoms with Gasteiger partial charge in [-0.3, -0.25) is 14.4 Å². The number of H-pyrrole nitrogens is 1. The second kappa shape index (κ2) is 8.70. The van der Waals surface area contributed by atoms with Gasteiger partial charge in [-0.25, -0.2) is 4.98 Å². The average Bonchev–Trinajstić information content (AvgIpc) is 3.37. The molecule has 3 aromatic heterocycles. The summed E-state index contributed by atoms with van der Waals surface area (Å²) in [5.74, 6) is 0. The van der Waals surface area contributed by atoms with Crippen LogP contribution in [0.5, 0.6) is 0 Å². The lowest BCUT2D eigenvalue weighted by molar-refractivity contribution is -0.233. The number of benzene rings is 1. The SMILES string of the molecule is CN(CCn1cc(-c2cn(-c3ccccc3)c3nc[nH]c(=O)c23)cn1)C(O)OC(C)(C)C. The predicted octanol–water partition coefficient (Wildman–Crippen LogP) is 2.60. The number of para-hydroxylation sites is 1. The van der Waals surface area contributed by atoms with Gasteiger partial charge >= 0.3 is 0 Å². The summed E-state index contributed by atoms with van der Waals surface area (Å²) in [6, 6.07) is 9.77. The maximum atomic E-state index is 12.6. The van der Waals surface area contributed by atoms with Crippen LogP contribution in [0.25, 0.3) is 27.8 Å². The first-order valence-electron chi connectivity index (χ1n) is 10.5. The van der Waals surface area contributed by atoms with E-state index in [0.29, 0.717) is 24.1 Å². The van der Waals surface area contributed by atoms with Crippen molar-refractivity contribution < 1.29 is 9.84 Å². The number of aliphatic hydroxyl groups is 1. The zero-order valence-electron chi connectivity index (χ0n) is 18.7. The quantitative estimate of drug-likeness (QED) is 0.432. The number of hydrogen-bond acceptors (Lipinski definition) is 6. The number of hydrogen-bond donors (Lipinski definition) is 2. The minimum absolute atomic E-state index is 0.199. The third-order valence-electron chi connectivity index (χ3n) is 5.09. The third kappa shape index (κ3) is 4.64. The number of aromatic nitrogens is 5. The average molecular weight is 437 g/mol. The maximum Gasteiger partial charge on any atom is 0.260 e. The lowest BCUT2D eigenvalue weighted by Crippen LogP contribution is -2.40. The zero-order valence-corrected chi connectivity index (χ0v) is 18.7. The van der Waals surface area contributed by atoms with Crippen molar-refractivity contribution in [3.05, 3.63) is 65.6 Å². The second-order valence-corrected chi connectivity index (χ2v) is 8.71. The lowest BCUT2D eigenvalue weighted by Gasteiger charge is -2.29. The van der Waals surface area contributed by atoms with Crippen LogP contribution in [0.1, 0.15) is 20.8 Å². The van der Waals surface area contributed by atoms with Gasteiger partial charge in [-0.2, -0.15) is 5.10 Å². The third-order valence-corrected chi connectivity index (χ3v) is 5.09. The monoisotopic (exact) mass is 436 g/mol. The molecule has 9 nitrogen and oxygen atoms in total. The minimum Gasteiger partial charge on any atom is -0.356 e. The van der Waals surface area contributed by atoms with Crippen molar-refractivity contribution >= 4 is 11.0 Å². The summed E-state index contributed by atoms with van der Waals surface area (Å²) in [4.78, 5) is 21.4. The molecule has 1 atom stereocenters. The summed E-state index contributed by atoms with van der Waals surface area (Å²) in [5, 5.41) is 15.2. The highest BCUT2D eigenvalue weighted by molar-refractivity contribution is 5.94. The number of rotatable bonds is 7. The lowest BCUT2D eigenvalue weighted by atomic mass is 10.1. The fourth-order valence-electron chi connectivity index (χ4n) is 3.48. The Hall–Kier alpha value is -3.27. The van der Waals surface area contributed by atoms with Gasteiger partial charge in [-0.05, 0) is 40.0 Å². The molecule has 0 saturated heterocycles. The van der Waals surface area contributed by atoms with E-state index < -0.39 is 12.0 Å². The number of fused-ring (bicyclic) bond motifs is 1. The van der Waals surface area contributed by atoms with Crippen LogP contribution < -0.4 is 5.56 Å². The van der Waals surface area contributed by atoms with Gasteiger partial charge in [0.15, 0.2) is 5.65 Å². The van der Waals surface area contributed by atoms with E-state index in [1.165, 1.54) is 6.33 Å². The first-order chi connectivity index (χ1) is 15.2. The number of nitrogens with one attached hydrogen (secondary N) is 1. The van der Waals surface area contributed by atoms with Gasteiger partial charge < -0.3 is 19.4 Å². The molecular weight excluding hydrogens is 408 g/mol. The second-order valence-electron chi connectivity index (χ2n) is 8.71. The topological polar surface area (TPSA) is 101 Å². The van der Waals surface area contributed by atoms with E-state index in [2.05, 4.69) is 15.1 Å². The van der Waals surface area contributed by atoms with Gasteiger partial charge in [0.1, 0.15) is 0 Å². The molecule has 32 heavy (non-hydrogen) atoms. The normalized spacial score (nSPS) is 13.2. The number of ether oxygens (including phenoxy) is 1. The van der Waals surface area contributed by atoms with Crippen molar-refractivity contribution in [2.24, 2.45) is 0 Å². The predicted molar refractivity (Wildman–Crippen MR) is 122 cm³/mol. The molecule has 4 aromatic rings. The van der Waals surface area contributed by atoms with Crippen molar-refractivity contribution in [3.63, 3.8) is 0 Å². The van der Waals surface area contributed by atoms with Gasteiger partial charge in [-0.1, -0.05) is 18.2 Å². The molecule has 1 aromatic carbocycles. The van der Waals surface area contributed by atoms with Gasteiger partial charge in [0.05, 0.1) is 30.1 Å². The van der Waals surface area contributed by atoms with E-state index in [1.54, 1.807) is 22.8 Å². The van der Waals surface area contributed by atoms with Crippen LogP contribution in [0.15, 0.2) is 60.0 Å². The number of aromatic amines is 1. The smallest absolute Gasteiger partial charge is 0.260 e. The molecule has 0 spiro atoms. The van der Waals surface area contributed by atoms with Crippen LogP contribution in [0, 0.1) is 0 Å². The van der Waals surface area contributed by atoms with E-state index in [1.807, 2.05) is 68.1 Å². The Kier molecular flexibility index (Phi) is 5.96. The fourth-order valence-corrected chi connectivity index (χ4v) is 3.48. The van der Waals surface area contributed by atoms with Crippen molar-refractivity contribution in [3.8, 4) is 16.8 Å². The Morgan fingerprint density at radius 1 is 1.22 bits per heavy atom. The molecule has 0 fully saturated rings. The summed E-state index contributed by atoms with van der Waals surface area (Å²) < 4.78 is 9.26.